The first-order chi connectivity index (χ1) is 18.4. The Balaban J connectivity index is 1.28. The van der Waals surface area contributed by atoms with Gasteiger partial charge in [0.05, 0.1) is 26.8 Å². The number of halogens is 3. The number of hydrogen-bond donors (Lipinski definition) is 2. The molecule has 2 aromatic carbocycles. The van der Waals surface area contributed by atoms with Gasteiger partial charge in [0.2, 0.25) is 0 Å². The highest BCUT2D eigenvalue weighted by Crippen LogP contribution is 2.41. The van der Waals surface area contributed by atoms with E-state index in [-0.39, 0.29) is 27.5 Å². The van der Waals surface area contributed by atoms with Crippen molar-refractivity contribution >= 4 is 68.2 Å². The van der Waals surface area contributed by atoms with Crippen molar-refractivity contribution in [3.63, 3.8) is 0 Å². The summed E-state index contributed by atoms with van der Waals surface area (Å²) in [6.45, 7) is 3.69. The Morgan fingerprint density at radius 2 is 1.76 bits per heavy atom. The number of hydrogen-bond acceptors (Lipinski definition) is 5. The normalized spacial score (nSPS) is 24.1. The Labute approximate surface area is 247 Å². The Hall–Kier alpha value is -1.61. The van der Waals surface area contributed by atoms with E-state index in [2.05, 4.69) is 43.9 Å². The number of aromatic hydroxyl groups is 1. The van der Waals surface area contributed by atoms with E-state index >= 15 is 0 Å². The number of phenolic OH excluding ortho intramolecular Hbond substituents is 1. The lowest BCUT2D eigenvalue weighted by atomic mass is 9.85. The van der Waals surface area contributed by atoms with Crippen molar-refractivity contribution in [1.29, 1.82) is 0 Å². The van der Waals surface area contributed by atoms with Crippen molar-refractivity contribution < 1.29 is 9.90 Å². The molecule has 0 amide bonds. The number of anilines is 1. The van der Waals surface area contributed by atoms with Gasteiger partial charge in [-0.3, -0.25) is 9.78 Å². The SMILES string of the molecule is O=C(c1cnc2ccc(-c3cc(Cl)c(O)c(Cl)c3)cc2c1NC1CCC(CN2CC[C@@H](I)C2)CC1)C1CC1. The molecular formula is C30H32Cl2IN3O2. The monoisotopic (exact) mass is 663 g/mol. The predicted molar refractivity (Wildman–Crippen MR) is 164 cm³/mol. The van der Waals surface area contributed by atoms with E-state index in [1.807, 2.05) is 12.1 Å². The van der Waals surface area contributed by atoms with Crippen LogP contribution < -0.4 is 5.32 Å². The lowest BCUT2D eigenvalue weighted by Gasteiger charge is -2.32. The van der Waals surface area contributed by atoms with E-state index in [1.54, 1.807) is 18.3 Å². The molecule has 1 aromatic heterocycles. The second-order valence-electron chi connectivity index (χ2n) is 11.2. The van der Waals surface area contributed by atoms with E-state index in [0.717, 1.165) is 63.2 Å². The molecule has 2 N–H and O–H groups in total. The van der Waals surface area contributed by atoms with Gasteiger partial charge in [0, 0.05) is 40.6 Å². The minimum absolute atomic E-state index is 0.116. The summed E-state index contributed by atoms with van der Waals surface area (Å²) >= 11 is 15.0. The number of phenols is 1. The van der Waals surface area contributed by atoms with Crippen molar-refractivity contribution in [2.75, 3.05) is 25.0 Å². The van der Waals surface area contributed by atoms with Crippen molar-refractivity contribution in [3.05, 3.63) is 52.1 Å². The maximum absolute atomic E-state index is 13.3. The van der Waals surface area contributed by atoms with Crippen LogP contribution >= 0.6 is 45.8 Å². The number of fused-ring (bicyclic) bond motifs is 1. The van der Waals surface area contributed by atoms with Gasteiger partial charge in [-0.2, -0.15) is 0 Å². The quantitative estimate of drug-likeness (QED) is 0.152. The number of Topliss-reactive ketones (excluding diaryl/α,β-unsaturated/α-hetero) is 1. The van der Waals surface area contributed by atoms with Gasteiger partial charge in [-0.1, -0.05) is 51.9 Å². The van der Waals surface area contributed by atoms with E-state index in [9.17, 15) is 9.90 Å². The molecule has 0 radical (unpaired) electrons. The number of likely N-dealkylation sites (tertiary alicyclic amines) is 1. The van der Waals surface area contributed by atoms with Crippen LogP contribution in [0.4, 0.5) is 5.69 Å². The zero-order valence-corrected chi connectivity index (χ0v) is 24.9. The smallest absolute Gasteiger partial charge is 0.169 e. The largest absolute Gasteiger partial charge is 0.505 e. The van der Waals surface area contributed by atoms with Crippen LogP contribution in [0.15, 0.2) is 36.5 Å². The molecule has 5 nitrogen and oxygen atoms in total. The van der Waals surface area contributed by atoms with E-state index in [0.29, 0.717) is 11.6 Å². The highest BCUT2D eigenvalue weighted by atomic mass is 127. The first kappa shape index (κ1) is 26.6. The van der Waals surface area contributed by atoms with Gasteiger partial charge in [0.1, 0.15) is 0 Å². The van der Waals surface area contributed by atoms with Gasteiger partial charge in [-0.15, -0.1) is 0 Å². The first-order valence-corrected chi connectivity index (χ1v) is 15.6. The van der Waals surface area contributed by atoms with Gasteiger partial charge in [0.15, 0.2) is 11.5 Å². The number of nitrogens with one attached hydrogen (secondary N) is 1. The van der Waals surface area contributed by atoms with E-state index in [4.69, 9.17) is 23.2 Å². The second kappa shape index (κ2) is 11.1. The molecule has 3 aliphatic rings. The summed E-state index contributed by atoms with van der Waals surface area (Å²) < 4.78 is 0.798. The summed E-state index contributed by atoms with van der Waals surface area (Å²) in [5.41, 5.74) is 4.16. The summed E-state index contributed by atoms with van der Waals surface area (Å²) in [6, 6.07) is 9.78. The maximum atomic E-state index is 13.3. The fourth-order valence-corrected chi connectivity index (χ4v) is 7.34. The van der Waals surface area contributed by atoms with Crippen LogP contribution in [0.1, 0.15) is 55.3 Å². The third-order valence-electron chi connectivity index (χ3n) is 8.36. The number of pyridine rings is 1. The zero-order chi connectivity index (χ0) is 26.4. The molecule has 2 saturated carbocycles. The van der Waals surface area contributed by atoms with Gasteiger partial charge >= 0.3 is 0 Å². The summed E-state index contributed by atoms with van der Waals surface area (Å²) in [5.74, 6) is 0.950. The molecule has 0 unspecified atom stereocenters. The molecule has 0 spiro atoms. The highest BCUT2D eigenvalue weighted by molar-refractivity contribution is 14.1. The van der Waals surface area contributed by atoms with Gasteiger partial charge in [0.25, 0.3) is 0 Å². The highest BCUT2D eigenvalue weighted by Gasteiger charge is 2.33. The van der Waals surface area contributed by atoms with E-state index < -0.39 is 0 Å². The van der Waals surface area contributed by atoms with Crippen LogP contribution in [0.2, 0.25) is 10.0 Å². The Kier molecular flexibility index (Phi) is 7.78. The van der Waals surface area contributed by atoms with Crippen molar-refractivity contribution in [2.45, 2.75) is 54.9 Å². The fraction of sp³-hybridized carbons (Fsp3) is 0.467. The number of ketones is 1. The number of rotatable bonds is 7. The molecule has 1 aliphatic heterocycles. The Morgan fingerprint density at radius 1 is 1.03 bits per heavy atom. The summed E-state index contributed by atoms with van der Waals surface area (Å²) in [5, 5.41) is 15.2. The molecule has 1 saturated heterocycles. The van der Waals surface area contributed by atoms with Gasteiger partial charge in [-0.25, -0.2) is 0 Å². The van der Waals surface area contributed by atoms with Crippen molar-refractivity contribution in [2.24, 2.45) is 11.8 Å². The molecule has 38 heavy (non-hydrogen) atoms. The number of benzene rings is 2. The first-order valence-electron chi connectivity index (χ1n) is 13.6. The van der Waals surface area contributed by atoms with Crippen LogP contribution in [0, 0.1) is 11.8 Å². The molecule has 2 heterocycles. The van der Waals surface area contributed by atoms with Crippen molar-refractivity contribution in [3.8, 4) is 16.9 Å². The molecule has 200 valence electrons. The summed E-state index contributed by atoms with van der Waals surface area (Å²) in [7, 11) is 0. The number of aromatic nitrogens is 1. The molecular weight excluding hydrogens is 632 g/mol. The molecule has 8 heteroatoms. The van der Waals surface area contributed by atoms with E-state index in [1.165, 1.54) is 38.9 Å². The van der Waals surface area contributed by atoms with Crippen molar-refractivity contribution in [1.82, 2.24) is 9.88 Å². The maximum Gasteiger partial charge on any atom is 0.169 e. The molecule has 2 aliphatic carbocycles. The lowest BCUT2D eigenvalue weighted by molar-refractivity contribution is 0.0968. The fourth-order valence-electron chi connectivity index (χ4n) is 6.02. The number of nitrogens with zero attached hydrogens (tertiary/aromatic N) is 2. The Bertz CT molecular complexity index is 1350. The third-order valence-corrected chi connectivity index (χ3v) is 9.95. The number of alkyl halides is 1. The van der Waals surface area contributed by atoms with Crippen LogP contribution in [0.25, 0.3) is 22.0 Å². The Morgan fingerprint density at radius 3 is 2.42 bits per heavy atom. The van der Waals surface area contributed by atoms with Crippen LogP contribution in [0.3, 0.4) is 0 Å². The molecule has 1 atom stereocenters. The lowest BCUT2D eigenvalue weighted by Crippen LogP contribution is -2.33. The summed E-state index contributed by atoms with van der Waals surface area (Å²) in [4.78, 5) is 20.6. The predicted octanol–water partition coefficient (Wildman–Crippen LogP) is 7.99. The number of carbonyl (C=O) groups excluding carboxylic acids is 1. The molecule has 3 fully saturated rings. The minimum Gasteiger partial charge on any atom is -0.505 e. The van der Waals surface area contributed by atoms with Crippen LogP contribution in [-0.2, 0) is 0 Å². The topological polar surface area (TPSA) is 65.5 Å². The zero-order valence-electron chi connectivity index (χ0n) is 21.2. The number of carbonyl (C=O) groups is 1. The minimum atomic E-state index is -0.117. The molecule has 6 rings (SSSR count). The van der Waals surface area contributed by atoms with Gasteiger partial charge < -0.3 is 15.3 Å². The second-order valence-corrected chi connectivity index (χ2v) is 13.8. The summed E-state index contributed by atoms with van der Waals surface area (Å²) in [6.07, 6.45) is 9.64. The van der Waals surface area contributed by atoms with Crippen LogP contribution in [-0.4, -0.2) is 50.4 Å². The third kappa shape index (κ3) is 5.65. The van der Waals surface area contributed by atoms with Crippen LogP contribution in [0.5, 0.6) is 5.75 Å². The standard InChI is InChI=1S/C30H32Cl2IN3O2/c31-25-12-20(13-26(32)30(25)38)19-5-8-27-23(11-19)28(24(14-34-27)29(37)18-3-4-18)35-22-6-1-17(2-7-22)15-36-10-9-21(33)16-36/h5,8,11-14,17-18,21-22,38H,1-4,6-7,9-10,15-16H2,(H,34,35)/t17?,21-,22?/m1/s1. The average Bonchev–Trinajstić information content (AvgIpc) is 3.69. The van der Waals surface area contributed by atoms with Gasteiger partial charge in [-0.05, 0) is 92.8 Å². The average molecular weight is 664 g/mol. The molecule has 0 bridgehead atoms. The molecule has 3 aromatic rings.